The molecule has 0 radical (unpaired) electrons. The topological polar surface area (TPSA) is 175 Å². The van der Waals surface area contributed by atoms with Crippen molar-refractivity contribution in [3.05, 3.63) is 166 Å². The third kappa shape index (κ3) is 14.0. The van der Waals surface area contributed by atoms with Crippen LogP contribution in [-0.4, -0.2) is 51.1 Å². The smallest absolute Gasteiger partial charge is 0.315 e. The summed E-state index contributed by atoms with van der Waals surface area (Å²) in [6.07, 6.45) is 2.97. The first-order valence-electron chi connectivity index (χ1n) is 20.3. The first-order chi connectivity index (χ1) is 29.3. The van der Waals surface area contributed by atoms with Crippen LogP contribution < -0.4 is 31.9 Å². The Hall–Kier alpha value is -7.15. The molecule has 0 fully saturated rings. The molecule has 2 aromatic carbocycles. The molecular formula is C47H52N10O3. The van der Waals surface area contributed by atoms with Crippen molar-refractivity contribution in [2.45, 2.75) is 65.7 Å². The van der Waals surface area contributed by atoms with Gasteiger partial charge >= 0.3 is 18.1 Å². The fourth-order valence-electron chi connectivity index (χ4n) is 6.45. The van der Waals surface area contributed by atoms with Gasteiger partial charge in [-0.2, -0.15) is 0 Å². The molecular weight excluding hydrogens is 753 g/mol. The summed E-state index contributed by atoms with van der Waals surface area (Å²) >= 11 is 0. The minimum atomic E-state index is -0.302. The number of benzene rings is 2. The number of carbonyl (C=O) groups excluding carboxylic acids is 3. The van der Waals surface area contributed by atoms with Crippen molar-refractivity contribution in [1.29, 1.82) is 0 Å². The number of hydrogen-bond acceptors (Lipinski definition) is 7. The van der Waals surface area contributed by atoms with Gasteiger partial charge in [0.15, 0.2) is 0 Å². The second-order valence-corrected chi connectivity index (χ2v) is 14.5. The van der Waals surface area contributed by atoms with E-state index in [1.54, 1.807) is 0 Å². The molecule has 60 heavy (non-hydrogen) atoms. The average molecular weight is 805 g/mol. The van der Waals surface area contributed by atoms with Gasteiger partial charge in [-0.25, -0.2) is 14.4 Å². The van der Waals surface area contributed by atoms with E-state index in [1.807, 2.05) is 135 Å². The molecule has 0 aliphatic heterocycles. The highest BCUT2D eigenvalue weighted by molar-refractivity contribution is 5.74. The van der Waals surface area contributed by atoms with Crippen LogP contribution in [0.25, 0.3) is 22.8 Å². The highest BCUT2D eigenvalue weighted by Crippen LogP contribution is 2.17. The average Bonchev–Trinajstić information content (AvgIpc) is 3.27. The maximum absolute atomic E-state index is 12.6. The third-order valence-corrected chi connectivity index (χ3v) is 9.50. The lowest BCUT2D eigenvalue weighted by Crippen LogP contribution is -2.36. The van der Waals surface area contributed by atoms with Crippen LogP contribution in [0.15, 0.2) is 121 Å². The number of hydrogen-bond donors (Lipinski definition) is 6. The highest BCUT2D eigenvalue weighted by atomic mass is 16.2. The molecule has 0 unspecified atom stereocenters. The summed E-state index contributed by atoms with van der Waals surface area (Å²) in [5, 5.41) is 17.4. The quantitative estimate of drug-likeness (QED) is 0.0504. The van der Waals surface area contributed by atoms with Crippen molar-refractivity contribution < 1.29 is 14.4 Å². The summed E-state index contributed by atoms with van der Waals surface area (Å²) in [7, 11) is 0. The Morgan fingerprint density at radius 2 is 0.717 bits per heavy atom. The van der Waals surface area contributed by atoms with E-state index >= 15 is 0 Å². The van der Waals surface area contributed by atoms with Gasteiger partial charge in [0.25, 0.3) is 0 Å². The molecule has 0 aliphatic rings. The molecule has 4 aromatic heterocycles. The standard InChI is InChI=1S/C47H52N10O3/c1-33-11-3-21-41(54-33)43-23-7-17-39(56-43)19-9-25-48-45(58)50-29-35-13-5-15-37(27-35)31-52-47(60)53-32-38-16-6-14-36(28-38)30-51-46(59)49-26-10-20-40-18-8-24-44(57-40)42-22-4-12-34(2)55-42/h3-8,11-18,21-24,27-28H,9-10,19-20,25-26,29-32H2,1-2H3,(H2,48,50,58)(H2,49,51,59)(H2,52,53,60). The molecule has 13 heteroatoms. The molecule has 6 aromatic rings. The van der Waals surface area contributed by atoms with Gasteiger partial charge in [-0.05, 0) is 110 Å². The second kappa shape index (κ2) is 22.1. The molecule has 6 N–H and O–H groups in total. The largest absolute Gasteiger partial charge is 0.338 e. The van der Waals surface area contributed by atoms with Crippen molar-refractivity contribution in [2.75, 3.05) is 13.1 Å². The number of amides is 6. The second-order valence-electron chi connectivity index (χ2n) is 14.5. The van der Waals surface area contributed by atoms with Gasteiger partial charge in [0.1, 0.15) is 0 Å². The number of urea groups is 3. The molecule has 0 spiro atoms. The van der Waals surface area contributed by atoms with E-state index in [1.165, 1.54) is 0 Å². The van der Waals surface area contributed by atoms with Crippen molar-refractivity contribution in [3.63, 3.8) is 0 Å². The molecule has 6 amide bonds. The van der Waals surface area contributed by atoms with E-state index in [2.05, 4.69) is 41.9 Å². The summed E-state index contributed by atoms with van der Waals surface area (Å²) in [6.45, 7) is 6.31. The predicted octanol–water partition coefficient (Wildman–Crippen LogP) is 7.08. The summed E-state index contributed by atoms with van der Waals surface area (Å²) in [6, 6.07) is 38.3. The lowest BCUT2D eigenvalue weighted by atomic mass is 10.1. The van der Waals surface area contributed by atoms with Gasteiger partial charge in [-0.3, -0.25) is 19.9 Å². The molecule has 6 rings (SSSR count). The number of carbonyl (C=O) groups is 3. The summed E-state index contributed by atoms with van der Waals surface area (Å²) in [4.78, 5) is 56.2. The summed E-state index contributed by atoms with van der Waals surface area (Å²) in [5.74, 6) is 0. The van der Waals surface area contributed by atoms with Crippen LogP contribution in [0.1, 0.15) is 57.9 Å². The number of nitrogens with one attached hydrogen (secondary N) is 6. The Morgan fingerprint density at radius 3 is 1.08 bits per heavy atom. The number of aryl methyl sites for hydroxylation is 4. The number of aromatic nitrogens is 4. The van der Waals surface area contributed by atoms with E-state index in [0.717, 1.165) is 93.5 Å². The van der Waals surface area contributed by atoms with E-state index in [0.29, 0.717) is 39.3 Å². The van der Waals surface area contributed by atoms with Crippen LogP contribution in [-0.2, 0) is 39.0 Å². The molecule has 308 valence electrons. The maximum atomic E-state index is 12.6. The number of pyridine rings is 4. The Kier molecular flexibility index (Phi) is 15.7. The summed E-state index contributed by atoms with van der Waals surface area (Å²) in [5.41, 5.74) is 10.8. The Bertz CT molecular complexity index is 2210. The van der Waals surface area contributed by atoms with Crippen molar-refractivity contribution in [1.82, 2.24) is 51.8 Å². The SMILES string of the molecule is Cc1cccc(-c2cccc(CCCNC(=O)NCc3cccc(CNC(=O)NCc4cccc(CNC(=O)NCCCc5cccc(-c6cccc(C)n6)n5)c4)c3)n2)n1. The van der Waals surface area contributed by atoms with Crippen LogP contribution in [0.5, 0.6) is 0 Å². The molecule has 0 bridgehead atoms. The molecule has 13 nitrogen and oxygen atoms in total. The molecule has 0 atom stereocenters. The highest BCUT2D eigenvalue weighted by Gasteiger charge is 2.08. The number of rotatable bonds is 18. The summed E-state index contributed by atoms with van der Waals surface area (Å²) < 4.78 is 0. The lowest BCUT2D eigenvalue weighted by Gasteiger charge is -2.11. The van der Waals surface area contributed by atoms with Crippen molar-refractivity contribution in [3.8, 4) is 22.8 Å². The van der Waals surface area contributed by atoms with E-state index in [9.17, 15) is 14.4 Å². The molecule has 4 heterocycles. The first-order valence-corrected chi connectivity index (χ1v) is 20.3. The third-order valence-electron chi connectivity index (χ3n) is 9.50. The lowest BCUT2D eigenvalue weighted by molar-refractivity contribution is 0.239. The predicted molar refractivity (Wildman–Crippen MR) is 233 cm³/mol. The monoisotopic (exact) mass is 804 g/mol. The van der Waals surface area contributed by atoms with E-state index in [4.69, 9.17) is 9.97 Å². The Morgan fingerprint density at radius 1 is 0.400 bits per heavy atom. The normalized spacial score (nSPS) is 10.7. The fourth-order valence-corrected chi connectivity index (χ4v) is 6.45. The Balaban J connectivity index is 0.829. The van der Waals surface area contributed by atoms with Gasteiger partial charge in [0.2, 0.25) is 0 Å². The zero-order chi connectivity index (χ0) is 41.9. The molecule has 0 saturated heterocycles. The molecule has 0 aliphatic carbocycles. The zero-order valence-electron chi connectivity index (χ0n) is 34.1. The van der Waals surface area contributed by atoms with Crippen LogP contribution in [0.2, 0.25) is 0 Å². The van der Waals surface area contributed by atoms with Crippen LogP contribution in [0.3, 0.4) is 0 Å². The zero-order valence-corrected chi connectivity index (χ0v) is 34.1. The van der Waals surface area contributed by atoms with E-state index < -0.39 is 0 Å². The van der Waals surface area contributed by atoms with Crippen LogP contribution >= 0.6 is 0 Å². The van der Waals surface area contributed by atoms with Crippen LogP contribution in [0.4, 0.5) is 14.4 Å². The maximum Gasteiger partial charge on any atom is 0.315 e. The van der Waals surface area contributed by atoms with Crippen LogP contribution in [0, 0.1) is 13.8 Å². The van der Waals surface area contributed by atoms with Gasteiger partial charge in [-0.15, -0.1) is 0 Å². The molecule has 0 saturated carbocycles. The van der Waals surface area contributed by atoms with E-state index in [-0.39, 0.29) is 18.1 Å². The van der Waals surface area contributed by atoms with Crippen molar-refractivity contribution in [2.24, 2.45) is 0 Å². The number of nitrogens with zero attached hydrogens (tertiary/aromatic N) is 4. The fraction of sp³-hybridized carbons (Fsp3) is 0.255. The first kappa shape index (κ1) is 42.5. The van der Waals surface area contributed by atoms with Gasteiger partial charge in [0, 0.05) is 62.0 Å². The Labute approximate surface area is 351 Å². The van der Waals surface area contributed by atoms with Crippen molar-refractivity contribution >= 4 is 18.1 Å². The van der Waals surface area contributed by atoms with Gasteiger partial charge in [0.05, 0.1) is 22.8 Å². The minimum absolute atomic E-state index is 0.245. The minimum Gasteiger partial charge on any atom is -0.338 e. The van der Waals surface area contributed by atoms with Gasteiger partial charge in [-0.1, -0.05) is 72.8 Å². The van der Waals surface area contributed by atoms with Gasteiger partial charge < -0.3 is 31.9 Å².